The van der Waals surface area contributed by atoms with Crippen molar-refractivity contribution < 1.29 is 14.3 Å². The number of nitrogens with zero attached hydrogens (tertiary/aromatic N) is 1. The number of carbonyl (C=O) groups is 1. The second-order valence-electron chi connectivity index (χ2n) is 3.36. The Kier molecular flexibility index (Phi) is 3.31. The molecule has 0 bridgehead atoms. The summed E-state index contributed by atoms with van der Waals surface area (Å²) in [4.78, 5) is 11.4. The summed E-state index contributed by atoms with van der Waals surface area (Å²) < 4.78 is 10.3. The van der Waals surface area contributed by atoms with Crippen LogP contribution in [0, 0.1) is 11.3 Å². The highest BCUT2D eigenvalue weighted by atomic mass is 16.7. The molecule has 0 saturated heterocycles. The minimum absolute atomic E-state index is 0.202. The predicted octanol–water partition coefficient (Wildman–Crippen LogP) is 1.45. The maximum Gasteiger partial charge on any atom is 0.319 e. The number of rotatable bonds is 3. The predicted molar refractivity (Wildman–Crippen MR) is 59.8 cm³/mol. The van der Waals surface area contributed by atoms with Gasteiger partial charge in [-0.05, 0) is 12.1 Å². The second-order valence-corrected chi connectivity index (χ2v) is 3.36. The highest BCUT2D eigenvalue weighted by Crippen LogP contribution is 2.34. The first-order valence-electron chi connectivity index (χ1n) is 5.11. The summed E-state index contributed by atoms with van der Waals surface area (Å²) >= 11 is 0. The van der Waals surface area contributed by atoms with E-state index in [9.17, 15) is 4.79 Å². The van der Waals surface area contributed by atoms with Crippen LogP contribution in [-0.4, -0.2) is 19.4 Å². The van der Waals surface area contributed by atoms with Crippen molar-refractivity contribution in [2.24, 2.45) is 0 Å². The molecule has 2 rings (SSSR count). The molecule has 1 aliphatic rings. The van der Waals surface area contributed by atoms with Gasteiger partial charge in [-0.25, -0.2) is 4.79 Å². The molecule has 2 amide bonds. The van der Waals surface area contributed by atoms with E-state index in [2.05, 4.69) is 10.6 Å². The molecule has 88 valence electrons. The molecule has 0 fully saturated rings. The summed E-state index contributed by atoms with van der Waals surface area (Å²) in [5.41, 5.74) is 0.615. The smallest absolute Gasteiger partial charge is 0.319 e. The summed E-state index contributed by atoms with van der Waals surface area (Å²) in [5.74, 6) is 1.28. The average molecular weight is 233 g/mol. The lowest BCUT2D eigenvalue weighted by Crippen LogP contribution is -2.29. The van der Waals surface area contributed by atoms with E-state index in [1.807, 2.05) is 6.07 Å². The summed E-state index contributed by atoms with van der Waals surface area (Å²) in [7, 11) is 0. The Morgan fingerprint density at radius 3 is 3.06 bits per heavy atom. The van der Waals surface area contributed by atoms with Gasteiger partial charge in [-0.2, -0.15) is 5.26 Å². The summed E-state index contributed by atoms with van der Waals surface area (Å²) in [5, 5.41) is 13.5. The zero-order valence-corrected chi connectivity index (χ0v) is 9.03. The SMILES string of the molecule is N#CCCNC(=O)Nc1ccc2c(c1)OCO2. The maximum atomic E-state index is 11.4. The van der Waals surface area contributed by atoms with Gasteiger partial charge in [0.25, 0.3) is 0 Å². The number of benzene rings is 1. The number of hydrogen-bond acceptors (Lipinski definition) is 4. The minimum Gasteiger partial charge on any atom is -0.454 e. The highest BCUT2D eigenvalue weighted by molar-refractivity contribution is 5.89. The van der Waals surface area contributed by atoms with E-state index in [1.165, 1.54) is 0 Å². The van der Waals surface area contributed by atoms with E-state index in [1.54, 1.807) is 18.2 Å². The summed E-state index contributed by atoms with van der Waals surface area (Å²) in [6, 6.07) is 6.73. The van der Waals surface area contributed by atoms with Crippen LogP contribution in [0.4, 0.5) is 10.5 Å². The third kappa shape index (κ3) is 2.78. The molecule has 17 heavy (non-hydrogen) atoms. The van der Waals surface area contributed by atoms with Gasteiger partial charge in [0.15, 0.2) is 11.5 Å². The van der Waals surface area contributed by atoms with Gasteiger partial charge in [0.1, 0.15) is 0 Å². The van der Waals surface area contributed by atoms with Crippen molar-refractivity contribution in [1.29, 1.82) is 5.26 Å². The van der Waals surface area contributed by atoms with Gasteiger partial charge in [0.2, 0.25) is 6.79 Å². The monoisotopic (exact) mass is 233 g/mol. The number of anilines is 1. The molecule has 1 aromatic carbocycles. The number of urea groups is 1. The van der Waals surface area contributed by atoms with Crippen molar-refractivity contribution in [3.8, 4) is 17.6 Å². The van der Waals surface area contributed by atoms with Crippen LogP contribution in [0.1, 0.15) is 6.42 Å². The van der Waals surface area contributed by atoms with Crippen LogP contribution >= 0.6 is 0 Å². The molecule has 0 atom stereocenters. The molecule has 0 aromatic heterocycles. The van der Waals surface area contributed by atoms with Crippen molar-refractivity contribution in [2.75, 3.05) is 18.7 Å². The van der Waals surface area contributed by atoms with Crippen LogP contribution in [0.15, 0.2) is 18.2 Å². The number of ether oxygens (including phenoxy) is 2. The largest absolute Gasteiger partial charge is 0.454 e. The van der Waals surface area contributed by atoms with Gasteiger partial charge in [-0.3, -0.25) is 0 Å². The Morgan fingerprint density at radius 1 is 1.41 bits per heavy atom. The van der Waals surface area contributed by atoms with Crippen molar-refractivity contribution >= 4 is 11.7 Å². The fraction of sp³-hybridized carbons (Fsp3) is 0.273. The van der Waals surface area contributed by atoms with Crippen molar-refractivity contribution in [3.63, 3.8) is 0 Å². The van der Waals surface area contributed by atoms with Crippen molar-refractivity contribution in [1.82, 2.24) is 5.32 Å². The fourth-order valence-corrected chi connectivity index (χ4v) is 1.38. The van der Waals surface area contributed by atoms with Crippen LogP contribution < -0.4 is 20.1 Å². The number of nitriles is 1. The van der Waals surface area contributed by atoms with E-state index in [0.29, 0.717) is 23.7 Å². The van der Waals surface area contributed by atoms with Gasteiger partial charge in [-0.1, -0.05) is 0 Å². The van der Waals surface area contributed by atoms with Crippen LogP contribution in [-0.2, 0) is 0 Å². The number of amides is 2. The van der Waals surface area contributed by atoms with Crippen molar-refractivity contribution in [3.05, 3.63) is 18.2 Å². The number of carbonyl (C=O) groups excluding carboxylic acids is 1. The maximum absolute atomic E-state index is 11.4. The van der Waals surface area contributed by atoms with Crippen molar-refractivity contribution in [2.45, 2.75) is 6.42 Å². The molecule has 1 heterocycles. The van der Waals surface area contributed by atoms with E-state index in [-0.39, 0.29) is 19.2 Å². The van der Waals surface area contributed by atoms with Gasteiger partial charge in [0, 0.05) is 18.3 Å². The van der Waals surface area contributed by atoms with Gasteiger partial charge < -0.3 is 20.1 Å². The topological polar surface area (TPSA) is 83.4 Å². The first-order chi connectivity index (χ1) is 8.29. The van der Waals surface area contributed by atoms with Crippen LogP contribution in [0.2, 0.25) is 0 Å². The standard InChI is InChI=1S/C11H11N3O3/c12-4-1-5-13-11(15)14-8-2-3-9-10(6-8)17-7-16-9/h2-3,6H,1,5,7H2,(H2,13,14,15). The lowest BCUT2D eigenvalue weighted by Gasteiger charge is -2.06. The number of fused-ring (bicyclic) bond motifs is 1. The van der Waals surface area contributed by atoms with Crippen LogP contribution in [0.3, 0.4) is 0 Å². The van der Waals surface area contributed by atoms with Gasteiger partial charge in [-0.15, -0.1) is 0 Å². The minimum atomic E-state index is -0.348. The Labute approximate surface area is 98.1 Å². The normalized spacial score (nSPS) is 11.7. The van der Waals surface area contributed by atoms with Crippen LogP contribution in [0.25, 0.3) is 0 Å². The lowest BCUT2D eigenvalue weighted by atomic mass is 10.3. The molecule has 0 spiro atoms. The Hall–Kier alpha value is -2.42. The molecular formula is C11H11N3O3. The Morgan fingerprint density at radius 2 is 2.24 bits per heavy atom. The van der Waals surface area contributed by atoms with Gasteiger partial charge in [0.05, 0.1) is 12.5 Å². The molecule has 6 nitrogen and oxygen atoms in total. The number of hydrogen-bond donors (Lipinski definition) is 2. The van der Waals surface area contributed by atoms with Gasteiger partial charge >= 0.3 is 6.03 Å². The van der Waals surface area contributed by atoms with E-state index in [4.69, 9.17) is 14.7 Å². The molecule has 0 aliphatic carbocycles. The molecule has 0 radical (unpaired) electrons. The first kappa shape index (κ1) is 11.1. The summed E-state index contributed by atoms with van der Waals surface area (Å²) in [6.45, 7) is 0.528. The van der Waals surface area contributed by atoms with E-state index >= 15 is 0 Å². The first-order valence-corrected chi connectivity index (χ1v) is 5.11. The van der Waals surface area contributed by atoms with Crippen LogP contribution in [0.5, 0.6) is 11.5 Å². The third-order valence-electron chi connectivity index (χ3n) is 2.15. The molecule has 6 heteroatoms. The molecule has 0 unspecified atom stereocenters. The molecule has 0 saturated carbocycles. The Balaban J connectivity index is 1.91. The quantitative estimate of drug-likeness (QED) is 0.774. The molecule has 1 aromatic rings. The van der Waals surface area contributed by atoms with E-state index < -0.39 is 0 Å². The average Bonchev–Trinajstić information content (AvgIpc) is 2.76. The number of nitrogens with one attached hydrogen (secondary N) is 2. The lowest BCUT2D eigenvalue weighted by molar-refractivity contribution is 0.174. The Bertz CT molecular complexity index is 468. The highest BCUT2D eigenvalue weighted by Gasteiger charge is 2.13. The molecule has 1 aliphatic heterocycles. The third-order valence-corrected chi connectivity index (χ3v) is 2.15. The second kappa shape index (κ2) is 5.07. The zero-order chi connectivity index (χ0) is 12.1. The summed E-state index contributed by atoms with van der Waals surface area (Å²) in [6.07, 6.45) is 0.286. The molecule has 2 N–H and O–H groups in total. The fourth-order valence-electron chi connectivity index (χ4n) is 1.38. The molecular weight excluding hydrogens is 222 g/mol. The van der Waals surface area contributed by atoms with E-state index in [0.717, 1.165) is 0 Å². The zero-order valence-electron chi connectivity index (χ0n) is 9.03.